The molecule has 3 nitrogen and oxygen atoms in total. The molecule has 108 valence electrons. The molecule has 0 aromatic heterocycles. The van der Waals surface area contributed by atoms with Gasteiger partial charge >= 0.3 is 0 Å². The predicted octanol–water partition coefficient (Wildman–Crippen LogP) is 3.26. The van der Waals surface area contributed by atoms with Gasteiger partial charge < -0.3 is 11.1 Å². The van der Waals surface area contributed by atoms with Crippen LogP contribution in [-0.2, 0) is 0 Å². The van der Waals surface area contributed by atoms with Crippen molar-refractivity contribution >= 4 is 34.2 Å². The lowest BCUT2D eigenvalue weighted by Crippen LogP contribution is -2.40. The van der Waals surface area contributed by atoms with Gasteiger partial charge in [-0.2, -0.15) is 0 Å². The van der Waals surface area contributed by atoms with E-state index in [1.54, 1.807) is 0 Å². The van der Waals surface area contributed by atoms with Gasteiger partial charge in [0.25, 0.3) is 5.91 Å². The van der Waals surface area contributed by atoms with Crippen molar-refractivity contribution in [3.63, 3.8) is 0 Å². The van der Waals surface area contributed by atoms with Crippen LogP contribution in [0.5, 0.6) is 0 Å². The first-order valence-electron chi connectivity index (χ1n) is 6.04. The Bertz CT molecular complexity index is 418. The summed E-state index contributed by atoms with van der Waals surface area (Å²) >= 11 is 3.06. The number of hydrogen-bond acceptors (Lipinski definition) is 2. The highest BCUT2D eigenvalue weighted by atomic mass is 79.9. The molecular formula is C13H19BrClFN2O. The summed E-state index contributed by atoms with van der Waals surface area (Å²) in [5.41, 5.74) is 6.04. The van der Waals surface area contributed by atoms with Crippen LogP contribution in [0.15, 0.2) is 22.7 Å². The Labute approximate surface area is 127 Å². The summed E-state index contributed by atoms with van der Waals surface area (Å²) in [6, 6.07) is 4.17. The lowest BCUT2D eigenvalue weighted by atomic mass is 10.1. The average molecular weight is 354 g/mol. The van der Waals surface area contributed by atoms with E-state index in [1.165, 1.54) is 18.2 Å². The molecule has 0 aliphatic heterocycles. The highest BCUT2D eigenvalue weighted by Crippen LogP contribution is 2.17. The SMILES string of the molecule is CCCCC(CN)NC(=O)c1ccc(F)c(Br)c1.Cl. The molecule has 1 atom stereocenters. The van der Waals surface area contributed by atoms with Crippen molar-refractivity contribution < 1.29 is 9.18 Å². The van der Waals surface area contributed by atoms with Crippen LogP contribution in [0, 0.1) is 5.82 Å². The van der Waals surface area contributed by atoms with Crippen molar-refractivity contribution in [1.82, 2.24) is 5.32 Å². The molecule has 19 heavy (non-hydrogen) atoms. The van der Waals surface area contributed by atoms with Gasteiger partial charge in [0, 0.05) is 18.2 Å². The molecule has 0 saturated carbocycles. The van der Waals surface area contributed by atoms with Crippen molar-refractivity contribution in [2.75, 3.05) is 6.54 Å². The molecule has 6 heteroatoms. The zero-order chi connectivity index (χ0) is 13.5. The molecule has 1 aromatic carbocycles. The molecule has 1 amide bonds. The van der Waals surface area contributed by atoms with E-state index in [0.717, 1.165) is 19.3 Å². The van der Waals surface area contributed by atoms with E-state index in [0.29, 0.717) is 12.1 Å². The van der Waals surface area contributed by atoms with Crippen LogP contribution in [0.4, 0.5) is 4.39 Å². The van der Waals surface area contributed by atoms with Crippen LogP contribution in [0.2, 0.25) is 0 Å². The second kappa shape index (κ2) is 9.28. The van der Waals surface area contributed by atoms with E-state index < -0.39 is 0 Å². The molecule has 0 fully saturated rings. The van der Waals surface area contributed by atoms with Gasteiger partial charge in [0.05, 0.1) is 4.47 Å². The first-order chi connectivity index (χ1) is 8.58. The number of nitrogens with two attached hydrogens (primary N) is 1. The van der Waals surface area contributed by atoms with Gasteiger partial charge in [-0.1, -0.05) is 19.8 Å². The van der Waals surface area contributed by atoms with E-state index in [2.05, 4.69) is 28.2 Å². The number of carbonyl (C=O) groups is 1. The van der Waals surface area contributed by atoms with Crippen LogP contribution in [-0.4, -0.2) is 18.5 Å². The van der Waals surface area contributed by atoms with Gasteiger partial charge in [-0.15, -0.1) is 12.4 Å². The lowest BCUT2D eigenvalue weighted by molar-refractivity contribution is 0.0935. The van der Waals surface area contributed by atoms with Crippen LogP contribution in [0.1, 0.15) is 36.5 Å². The van der Waals surface area contributed by atoms with E-state index in [9.17, 15) is 9.18 Å². The Kier molecular flexibility index (Phi) is 8.97. The molecule has 1 rings (SSSR count). The normalized spacial score (nSPS) is 11.6. The number of rotatable bonds is 6. The molecule has 0 aliphatic rings. The van der Waals surface area contributed by atoms with E-state index in [4.69, 9.17) is 5.73 Å². The topological polar surface area (TPSA) is 55.1 Å². The maximum Gasteiger partial charge on any atom is 0.251 e. The monoisotopic (exact) mass is 352 g/mol. The van der Waals surface area contributed by atoms with Crippen molar-refractivity contribution in [2.24, 2.45) is 5.73 Å². The van der Waals surface area contributed by atoms with Crippen molar-refractivity contribution in [2.45, 2.75) is 32.2 Å². The third kappa shape index (κ3) is 5.89. The quantitative estimate of drug-likeness (QED) is 0.825. The molecule has 0 spiro atoms. The first-order valence-corrected chi connectivity index (χ1v) is 6.83. The lowest BCUT2D eigenvalue weighted by Gasteiger charge is -2.16. The van der Waals surface area contributed by atoms with Gasteiger partial charge in [0.2, 0.25) is 0 Å². The highest BCUT2D eigenvalue weighted by molar-refractivity contribution is 9.10. The van der Waals surface area contributed by atoms with Crippen LogP contribution >= 0.6 is 28.3 Å². The fraction of sp³-hybridized carbons (Fsp3) is 0.462. The van der Waals surface area contributed by atoms with E-state index >= 15 is 0 Å². The third-order valence-corrected chi connectivity index (χ3v) is 3.32. The Morgan fingerprint density at radius 2 is 2.21 bits per heavy atom. The van der Waals surface area contributed by atoms with E-state index in [-0.39, 0.29) is 34.6 Å². The summed E-state index contributed by atoms with van der Waals surface area (Å²) < 4.78 is 13.3. The van der Waals surface area contributed by atoms with Gasteiger partial charge in [-0.05, 0) is 40.5 Å². The van der Waals surface area contributed by atoms with Gasteiger partial charge in [-0.3, -0.25) is 4.79 Å². The molecular weight excluding hydrogens is 335 g/mol. The summed E-state index contributed by atoms with van der Waals surface area (Å²) in [5.74, 6) is -0.602. The third-order valence-electron chi connectivity index (χ3n) is 2.71. The molecule has 0 aliphatic carbocycles. The Morgan fingerprint density at radius 1 is 1.53 bits per heavy atom. The zero-order valence-corrected chi connectivity index (χ0v) is 13.2. The zero-order valence-electron chi connectivity index (χ0n) is 10.8. The minimum absolute atomic E-state index is 0. The second-order valence-electron chi connectivity index (χ2n) is 4.18. The number of hydrogen-bond donors (Lipinski definition) is 2. The van der Waals surface area contributed by atoms with Gasteiger partial charge in [-0.25, -0.2) is 4.39 Å². The molecule has 1 aromatic rings. The number of carbonyl (C=O) groups excluding carboxylic acids is 1. The second-order valence-corrected chi connectivity index (χ2v) is 5.03. The number of nitrogens with one attached hydrogen (secondary N) is 1. The smallest absolute Gasteiger partial charge is 0.251 e. The van der Waals surface area contributed by atoms with Crippen molar-refractivity contribution in [3.8, 4) is 0 Å². The van der Waals surface area contributed by atoms with Crippen LogP contribution < -0.4 is 11.1 Å². The van der Waals surface area contributed by atoms with Crippen molar-refractivity contribution in [3.05, 3.63) is 34.1 Å². The maximum absolute atomic E-state index is 13.1. The highest BCUT2D eigenvalue weighted by Gasteiger charge is 2.13. The minimum Gasteiger partial charge on any atom is -0.348 e. The Morgan fingerprint density at radius 3 is 2.74 bits per heavy atom. The molecule has 0 radical (unpaired) electrons. The van der Waals surface area contributed by atoms with Crippen LogP contribution in [0.25, 0.3) is 0 Å². The molecule has 3 N–H and O–H groups in total. The Balaban J connectivity index is 0.00000324. The minimum atomic E-state index is -0.382. The van der Waals surface area contributed by atoms with Gasteiger partial charge in [0.1, 0.15) is 5.82 Å². The molecule has 0 saturated heterocycles. The number of unbranched alkanes of at least 4 members (excludes halogenated alkanes) is 1. The summed E-state index contributed by atoms with van der Waals surface area (Å²) in [7, 11) is 0. The number of amides is 1. The molecule has 0 heterocycles. The maximum atomic E-state index is 13.1. The van der Waals surface area contributed by atoms with Crippen LogP contribution in [0.3, 0.4) is 0 Å². The predicted molar refractivity (Wildman–Crippen MR) is 81.2 cm³/mol. The number of halogens is 3. The van der Waals surface area contributed by atoms with Gasteiger partial charge in [0.15, 0.2) is 0 Å². The largest absolute Gasteiger partial charge is 0.348 e. The van der Waals surface area contributed by atoms with E-state index in [1.807, 2.05) is 0 Å². The molecule has 0 bridgehead atoms. The Hall–Kier alpha value is -0.650. The number of benzene rings is 1. The fourth-order valence-electron chi connectivity index (χ4n) is 1.61. The summed E-state index contributed by atoms with van der Waals surface area (Å²) in [6.07, 6.45) is 2.95. The fourth-order valence-corrected chi connectivity index (χ4v) is 1.98. The molecule has 1 unspecified atom stereocenters. The first kappa shape index (κ1) is 18.4. The summed E-state index contributed by atoms with van der Waals surface area (Å²) in [4.78, 5) is 11.9. The standard InChI is InChI=1S/C13H18BrFN2O.ClH/c1-2-3-4-10(8-16)17-13(18)9-5-6-12(15)11(14)7-9;/h5-7,10H,2-4,8,16H2,1H3,(H,17,18);1H. The summed E-state index contributed by atoms with van der Waals surface area (Å²) in [5, 5.41) is 2.86. The average Bonchev–Trinajstić information content (AvgIpc) is 2.37. The van der Waals surface area contributed by atoms with Crippen molar-refractivity contribution in [1.29, 1.82) is 0 Å². The summed E-state index contributed by atoms with van der Waals surface area (Å²) in [6.45, 7) is 2.50.